The van der Waals surface area contributed by atoms with E-state index in [2.05, 4.69) is 15.3 Å². The van der Waals surface area contributed by atoms with Crippen LogP contribution in [-0.4, -0.2) is 58.1 Å². The van der Waals surface area contributed by atoms with Gasteiger partial charge < -0.3 is 19.6 Å². The van der Waals surface area contributed by atoms with Gasteiger partial charge in [-0.15, -0.1) is 0 Å². The molecule has 12 heteroatoms. The molecule has 2 N–H and O–H groups in total. The normalized spacial score (nSPS) is 20.8. The third-order valence-electron chi connectivity index (χ3n) is 7.68. The van der Waals surface area contributed by atoms with E-state index < -0.39 is 29.4 Å². The molecule has 41 heavy (non-hydrogen) atoms. The molecule has 2 aliphatic heterocycles. The minimum Gasteiger partial charge on any atom is -0.478 e. The highest BCUT2D eigenvalue weighted by molar-refractivity contribution is 6.30. The smallest absolute Gasteiger partial charge is 0.414 e. The van der Waals surface area contributed by atoms with Crippen molar-refractivity contribution in [1.29, 1.82) is 0 Å². The number of pyridine rings is 1. The molecule has 2 fully saturated rings. The second-order valence-corrected chi connectivity index (χ2v) is 10.6. The van der Waals surface area contributed by atoms with Crippen molar-refractivity contribution >= 4 is 58.4 Å². The molecule has 3 aromatic rings. The average molecular weight is 577 g/mol. The van der Waals surface area contributed by atoms with Crippen LogP contribution >= 0.6 is 11.6 Å². The number of rotatable bonds is 7. The Morgan fingerprint density at radius 1 is 1.12 bits per heavy atom. The molecule has 4 heterocycles. The molecule has 210 valence electrons. The molecule has 1 atom stereocenters. The molecule has 0 bridgehead atoms. The first kappa shape index (κ1) is 26.7. The molecule has 2 aromatic heterocycles. The summed E-state index contributed by atoms with van der Waals surface area (Å²) in [6.07, 6.45) is 7.67. The van der Waals surface area contributed by atoms with Crippen molar-refractivity contribution < 1.29 is 33.4 Å². The molecule has 3 aliphatic rings. The maximum Gasteiger partial charge on any atom is 0.414 e. The quantitative estimate of drug-likeness (QED) is 0.389. The number of carbonyl (C=O) groups excluding carboxylic acids is 3. The summed E-state index contributed by atoms with van der Waals surface area (Å²) < 4.78 is 11.1. The molecule has 1 saturated carbocycles. The summed E-state index contributed by atoms with van der Waals surface area (Å²) in [7, 11) is 0. The highest BCUT2D eigenvalue weighted by Gasteiger charge is 2.50. The number of fused-ring (bicyclic) bond motifs is 1. The van der Waals surface area contributed by atoms with Gasteiger partial charge >= 0.3 is 12.1 Å². The van der Waals surface area contributed by atoms with Crippen LogP contribution in [0, 0.1) is 5.92 Å². The third kappa shape index (κ3) is 4.65. The number of furan rings is 1. The molecule has 1 saturated heterocycles. The van der Waals surface area contributed by atoms with Crippen LogP contribution in [0.4, 0.5) is 10.6 Å². The molecule has 0 radical (unpaired) electrons. The van der Waals surface area contributed by atoms with Crippen LogP contribution in [0.2, 0.25) is 5.02 Å². The van der Waals surface area contributed by atoms with Crippen molar-refractivity contribution in [2.45, 2.75) is 37.6 Å². The fourth-order valence-corrected chi connectivity index (χ4v) is 5.89. The molecule has 6 rings (SSSR count). The van der Waals surface area contributed by atoms with Crippen molar-refractivity contribution in [3.05, 3.63) is 70.2 Å². The maximum absolute atomic E-state index is 14.5. The number of halogens is 1. The summed E-state index contributed by atoms with van der Waals surface area (Å²) in [5, 5.41) is 13.2. The van der Waals surface area contributed by atoms with E-state index in [9.17, 15) is 24.3 Å². The predicted molar refractivity (Wildman–Crippen MR) is 148 cm³/mol. The van der Waals surface area contributed by atoms with Crippen LogP contribution in [0.5, 0.6) is 0 Å². The summed E-state index contributed by atoms with van der Waals surface area (Å²) in [6.45, 7) is 0.430. The summed E-state index contributed by atoms with van der Waals surface area (Å²) in [4.78, 5) is 63.2. The number of allylic oxidation sites excluding steroid dienone is 1. The molecule has 1 aliphatic carbocycles. The predicted octanol–water partition coefficient (Wildman–Crippen LogP) is 5.20. The van der Waals surface area contributed by atoms with Gasteiger partial charge in [0.1, 0.15) is 18.0 Å². The molecule has 2 amide bonds. The van der Waals surface area contributed by atoms with Gasteiger partial charge in [-0.1, -0.05) is 36.9 Å². The SMILES string of the molecule is O=C(Nc1ccc(Cl)cn1)c1oc2cccc(C(=O)O)c2c1C1(C(=O)C2CCCCC2)C=C(N2CCOC2=O)C=N1. The number of Topliss-reactive ketones (excluding diaryl/α,β-unsaturated/α-hetero) is 1. The van der Waals surface area contributed by atoms with Gasteiger partial charge in [0, 0.05) is 23.7 Å². The second kappa shape index (κ2) is 10.5. The van der Waals surface area contributed by atoms with Crippen molar-refractivity contribution in [3.63, 3.8) is 0 Å². The van der Waals surface area contributed by atoms with E-state index in [1.807, 2.05) is 0 Å². The molecule has 11 nitrogen and oxygen atoms in total. The number of cyclic esters (lactones) is 1. The van der Waals surface area contributed by atoms with E-state index in [1.54, 1.807) is 6.07 Å². The average Bonchev–Trinajstić information content (AvgIpc) is 3.71. The van der Waals surface area contributed by atoms with E-state index >= 15 is 0 Å². The molecular formula is C29H25ClN4O7. The number of aliphatic imine (C=N–C) groups is 1. The van der Waals surface area contributed by atoms with Crippen molar-refractivity contribution in [2.24, 2.45) is 10.9 Å². The number of carbonyl (C=O) groups is 4. The topological polar surface area (TPSA) is 151 Å². The Labute approximate surface area is 238 Å². The summed E-state index contributed by atoms with van der Waals surface area (Å²) in [5.41, 5.74) is -1.55. The first-order valence-electron chi connectivity index (χ1n) is 13.3. The number of carboxylic acids is 1. The zero-order valence-corrected chi connectivity index (χ0v) is 22.5. The van der Waals surface area contributed by atoms with Crippen LogP contribution in [0.3, 0.4) is 0 Å². The zero-order chi connectivity index (χ0) is 28.7. The monoisotopic (exact) mass is 576 g/mol. The number of carboxylic acid groups (broad SMARTS) is 1. The summed E-state index contributed by atoms with van der Waals surface area (Å²) in [6, 6.07) is 7.45. The lowest BCUT2D eigenvalue weighted by Gasteiger charge is -2.30. The van der Waals surface area contributed by atoms with Crippen LogP contribution in [0.25, 0.3) is 11.0 Å². The Balaban J connectivity index is 1.58. The Kier molecular flexibility index (Phi) is 6.82. The first-order chi connectivity index (χ1) is 19.8. The number of nitrogens with zero attached hydrogens (tertiary/aromatic N) is 3. The summed E-state index contributed by atoms with van der Waals surface area (Å²) in [5.74, 6) is -2.82. The Morgan fingerprint density at radius 2 is 1.93 bits per heavy atom. The van der Waals surface area contributed by atoms with Crippen LogP contribution in [-0.2, 0) is 15.1 Å². The molecule has 1 unspecified atom stereocenters. The number of ketones is 1. The van der Waals surface area contributed by atoms with E-state index in [-0.39, 0.29) is 52.6 Å². The lowest BCUT2D eigenvalue weighted by atomic mass is 9.74. The number of hydrogen-bond donors (Lipinski definition) is 2. The van der Waals surface area contributed by atoms with Gasteiger partial charge in [-0.05, 0) is 43.2 Å². The van der Waals surface area contributed by atoms with Crippen molar-refractivity contribution in [2.75, 3.05) is 18.5 Å². The van der Waals surface area contributed by atoms with Crippen molar-refractivity contribution in [3.8, 4) is 0 Å². The minimum atomic E-state index is -1.82. The number of ether oxygens (including phenoxy) is 1. The van der Waals surface area contributed by atoms with E-state index in [1.165, 1.54) is 47.7 Å². The van der Waals surface area contributed by atoms with Gasteiger partial charge in [0.15, 0.2) is 17.1 Å². The number of amides is 2. The number of anilines is 1. The van der Waals surface area contributed by atoms with Crippen molar-refractivity contribution in [1.82, 2.24) is 9.88 Å². The third-order valence-corrected chi connectivity index (χ3v) is 7.91. The standard InChI is InChI=1S/C29H25ClN4O7/c30-17-9-10-21(31-14-17)33-26(36)24-23(22-19(27(37)38)7-4-8-20(22)41-24)29(25(35)16-5-2-1-3-6-16)13-18(15-32-29)34-11-12-40-28(34)39/h4,7-10,13-16H,1-3,5-6,11-12H2,(H,37,38)(H,31,33,36). The molecular weight excluding hydrogens is 552 g/mol. The highest BCUT2D eigenvalue weighted by atomic mass is 35.5. The molecule has 1 aromatic carbocycles. The Morgan fingerprint density at radius 3 is 2.61 bits per heavy atom. The van der Waals surface area contributed by atoms with Gasteiger partial charge in [-0.2, -0.15) is 0 Å². The molecule has 0 spiro atoms. The first-order valence-corrected chi connectivity index (χ1v) is 13.6. The fraction of sp³-hybridized carbons (Fsp3) is 0.310. The Bertz CT molecular complexity index is 1640. The van der Waals surface area contributed by atoms with Gasteiger partial charge in [0.25, 0.3) is 5.91 Å². The van der Waals surface area contributed by atoms with Crippen LogP contribution in [0.1, 0.15) is 58.6 Å². The second-order valence-electron chi connectivity index (χ2n) is 10.2. The van der Waals surface area contributed by atoms with Gasteiger partial charge in [0.2, 0.25) is 0 Å². The lowest BCUT2D eigenvalue weighted by Crippen LogP contribution is -2.38. The number of benzene rings is 1. The van der Waals surface area contributed by atoms with E-state index in [4.69, 9.17) is 20.8 Å². The number of aromatic nitrogens is 1. The number of hydrogen-bond acceptors (Lipinski definition) is 8. The van der Waals surface area contributed by atoms with Gasteiger partial charge in [0.05, 0.1) is 28.4 Å². The lowest BCUT2D eigenvalue weighted by molar-refractivity contribution is -0.127. The fourth-order valence-electron chi connectivity index (χ4n) is 5.78. The van der Waals surface area contributed by atoms with E-state index in [0.717, 1.165) is 19.3 Å². The summed E-state index contributed by atoms with van der Waals surface area (Å²) >= 11 is 5.94. The minimum absolute atomic E-state index is 0.00588. The van der Waals surface area contributed by atoms with Gasteiger partial charge in [-0.25, -0.2) is 14.6 Å². The largest absolute Gasteiger partial charge is 0.478 e. The maximum atomic E-state index is 14.5. The van der Waals surface area contributed by atoms with E-state index in [0.29, 0.717) is 23.6 Å². The highest BCUT2D eigenvalue weighted by Crippen LogP contribution is 2.46. The number of nitrogens with one attached hydrogen (secondary N) is 1. The zero-order valence-electron chi connectivity index (χ0n) is 21.8. The Hall–Kier alpha value is -4.51. The van der Waals surface area contributed by atoms with Crippen LogP contribution < -0.4 is 5.32 Å². The number of aromatic carboxylic acids is 1. The van der Waals surface area contributed by atoms with Gasteiger partial charge in [-0.3, -0.25) is 19.5 Å². The van der Waals surface area contributed by atoms with Crippen LogP contribution in [0.15, 0.2) is 57.7 Å².